The number of methoxy groups -OCH3 is 1. The SMILES string of the molecule is COCC(=O)Nc1ccc(N2C(=S)N[C@H](c3ccccn3)[C@H]2c2cc(C)n(-c3cccc(C(F)(F)F)c3)c2C)cc1C. The molecule has 0 spiro atoms. The van der Waals surface area contributed by atoms with Crippen molar-refractivity contribution in [1.29, 1.82) is 0 Å². The van der Waals surface area contributed by atoms with E-state index in [9.17, 15) is 18.0 Å². The quantitative estimate of drug-likeness (QED) is 0.236. The highest BCUT2D eigenvalue weighted by atomic mass is 32.1. The number of nitrogens with zero attached hydrogens (tertiary/aromatic N) is 3. The summed E-state index contributed by atoms with van der Waals surface area (Å²) >= 11 is 5.86. The molecule has 0 aliphatic carbocycles. The molecular weight excluding hydrogens is 563 g/mol. The van der Waals surface area contributed by atoms with E-state index < -0.39 is 11.7 Å². The van der Waals surface area contributed by atoms with E-state index in [-0.39, 0.29) is 24.6 Å². The first-order valence-electron chi connectivity index (χ1n) is 13.3. The number of carbonyl (C=O) groups excluding carboxylic acids is 1. The predicted octanol–water partition coefficient (Wildman–Crippen LogP) is 6.58. The summed E-state index contributed by atoms with van der Waals surface area (Å²) in [6.07, 6.45) is -2.74. The summed E-state index contributed by atoms with van der Waals surface area (Å²) in [6.45, 7) is 5.61. The molecule has 7 nitrogen and oxygen atoms in total. The smallest absolute Gasteiger partial charge is 0.375 e. The van der Waals surface area contributed by atoms with Crippen LogP contribution in [0.1, 0.15) is 45.9 Å². The molecule has 1 aliphatic heterocycles. The molecule has 1 amide bonds. The second kappa shape index (κ2) is 11.6. The van der Waals surface area contributed by atoms with E-state index in [1.54, 1.807) is 12.3 Å². The summed E-state index contributed by atoms with van der Waals surface area (Å²) in [5, 5.41) is 6.75. The summed E-state index contributed by atoms with van der Waals surface area (Å²) in [4.78, 5) is 18.7. The number of hydrogen-bond donors (Lipinski definition) is 2. The Bertz CT molecular complexity index is 1640. The highest BCUT2D eigenvalue weighted by Crippen LogP contribution is 2.44. The van der Waals surface area contributed by atoms with Gasteiger partial charge in [0.05, 0.1) is 23.3 Å². The number of alkyl halides is 3. The number of pyridine rings is 1. The first-order valence-corrected chi connectivity index (χ1v) is 13.7. The standard InChI is InChI=1S/C31H30F3N5O2S/c1-18-14-23(11-12-25(18)36-27(40)17-41-4)39-29(28(37-30(39)42)26-10-5-6-13-35-26)24-15-19(2)38(20(24)3)22-9-7-8-21(16-22)31(32,33)34/h5-16,28-29H,17H2,1-4H3,(H,36,40)(H,37,42)/t28-,29-/m1/s1. The van der Waals surface area contributed by atoms with Gasteiger partial charge in [-0.2, -0.15) is 13.2 Å². The summed E-state index contributed by atoms with van der Waals surface area (Å²) in [7, 11) is 1.46. The van der Waals surface area contributed by atoms with Crippen molar-refractivity contribution in [3.63, 3.8) is 0 Å². The lowest BCUT2D eigenvalue weighted by Gasteiger charge is -2.29. The molecule has 0 radical (unpaired) electrons. The third kappa shape index (κ3) is 5.62. The van der Waals surface area contributed by atoms with Gasteiger partial charge in [-0.3, -0.25) is 9.78 Å². The van der Waals surface area contributed by atoms with Crippen molar-refractivity contribution in [2.45, 2.75) is 39.0 Å². The maximum Gasteiger partial charge on any atom is 0.416 e. The van der Waals surface area contributed by atoms with Gasteiger partial charge in [-0.1, -0.05) is 12.1 Å². The van der Waals surface area contributed by atoms with Crippen LogP contribution in [0.4, 0.5) is 24.5 Å². The second-order valence-electron chi connectivity index (χ2n) is 10.2. The molecule has 3 heterocycles. The molecule has 4 aromatic rings. The third-order valence-corrected chi connectivity index (χ3v) is 7.67. The summed E-state index contributed by atoms with van der Waals surface area (Å²) < 4.78 is 47.4. The van der Waals surface area contributed by atoms with Crippen LogP contribution < -0.4 is 15.5 Å². The molecule has 0 unspecified atom stereocenters. The first-order chi connectivity index (χ1) is 20.0. The van der Waals surface area contributed by atoms with Crippen molar-refractivity contribution < 1.29 is 22.7 Å². The number of benzene rings is 2. The van der Waals surface area contributed by atoms with E-state index in [0.717, 1.165) is 46.0 Å². The first kappa shape index (κ1) is 29.3. The average Bonchev–Trinajstić information content (AvgIpc) is 3.44. The highest BCUT2D eigenvalue weighted by Gasteiger charge is 2.42. The minimum absolute atomic E-state index is 0.0589. The van der Waals surface area contributed by atoms with E-state index in [0.29, 0.717) is 16.5 Å². The van der Waals surface area contributed by atoms with Crippen LogP contribution in [0.3, 0.4) is 0 Å². The molecule has 11 heteroatoms. The van der Waals surface area contributed by atoms with Gasteiger partial charge in [-0.05, 0) is 98.7 Å². The number of anilines is 2. The fourth-order valence-electron chi connectivity index (χ4n) is 5.51. The van der Waals surface area contributed by atoms with E-state index in [4.69, 9.17) is 17.0 Å². The summed E-state index contributed by atoms with van der Waals surface area (Å²) in [5.41, 5.74) is 5.22. The van der Waals surface area contributed by atoms with E-state index in [1.165, 1.54) is 13.2 Å². The molecule has 0 saturated carbocycles. The molecule has 1 fully saturated rings. The Morgan fingerprint density at radius 1 is 1.05 bits per heavy atom. The van der Waals surface area contributed by atoms with E-state index >= 15 is 0 Å². The van der Waals surface area contributed by atoms with Gasteiger partial charge in [0.25, 0.3) is 0 Å². The van der Waals surface area contributed by atoms with Crippen LogP contribution in [0, 0.1) is 20.8 Å². The molecule has 2 atom stereocenters. The fraction of sp³-hybridized carbons (Fsp3) is 0.258. The Morgan fingerprint density at radius 3 is 2.50 bits per heavy atom. The van der Waals surface area contributed by atoms with Gasteiger partial charge >= 0.3 is 6.18 Å². The largest absolute Gasteiger partial charge is 0.416 e. The molecule has 2 N–H and O–H groups in total. The van der Waals surface area contributed by atoms with Gasteiger partial charge in [0, 0.05) is 41.8 Å². The number of hydrogen-bond acceptors (Lipinski definition) is 4. The number of ether oxygens (including phenoxy) is 1. The fourth-order valence-corrected chi connectivity index (χ4v) is 5.86. The number of carbonyl (C=O) groups is 1. The second-order valence-corrected chi connectivity index (χ2v) is 10.6. The molecule has 5 rings (SSSR count). The van der Waals surface area contributed by atoms with Crippen molar-refractivity contribution >= 4 is 34.6 Å². The van der Waals surface area contributed by atoms with Crippen molar-refractivity contribution in [2.75, 3.05) is 23.9 Å². The van der Waals surface area contributed by atoms with Crippen molar-refractivity contribution in [1.82, 2.24) is 14.9 Å². The number of thiocarbonyl (C=S) groups is 1. The molecule has 218 valence electrons. The van der Waals surface area contributed by atoms with Crippen LogP contribution in [0.2, 0.25) is 0 Å². The lowest BCUT2D eigenvalue weighted by atomic mass is 9.96. The van der Waals surface area contributed by atoms with Crippen molar-refractivity contribution in [3.05, 3.63) is 107 Å². The minimum Gasteiger partial charge on any atom is -0.375 e. The zero-order valence-corrected chi connectivity index (χ0v) is 24.3. The van der Waals surface area contributed by atoms with Gasteiger partial charge in [0.1, 0.15) is 6.61 Å². The van der Waals surface area contributed by atoms with Crippen LogP contribution >= 0.6 is 12.2 Å². The molecule has 1 saturated heterocycles. The number of amides is 1. The molecule has 2 aromatic heterocycles. The third-order valence-electron chi connectivity index (χ3n) is 7.36. The molecule has 2 aromatic carbocycles. The Kier molecular flexibility index (Phi) is 8.07. The number of halogens is 3. The maximum atomic E-state index is 13.6. The molecule has 1 aliphatic rings. The predicted molar refractivity (Wildman–Crippen MR) is 160 cm³/mol. The molecule has 0 bridgehead atoms. The molecule has 42 heavy (non-hydrogen) atoms. The van der Waals surface area contributed by atoms with Crippen molar-refractivity contribution in [2.24, 2.45) is 0 Å². The Morgan fingerprint density at radius 2 is 1.83 bits per heavy atom. The number of rotatable bonds is 7. The zero-order valence-electron chi connectivity index (χ0n) is 23.5. The number of nitrogens with one attached hydrogen (secondary N) is 2. The van der Waals surface area contributed by atoms with Gasteiger partial charge in [-0.25, -0.2) is 0 Å². The number of aryl methyl sites for hydroxylation is 2. The zero-order chi connectivity index (χ0) is 30.2. The number of aromatic nitrogens is 2. The van der Waals surface area contributed by atoms with Gasteiger partial charge in [0.2, 0.25) is 5.91 Å². The summed E-state index contributed by atoms with van der Waals surface area (Å²) in [5.74, 6) is -0.262. The maximum absolute atomic E-state index is 13.6. The lowest BCUT2D eigenvalue weighted by Crippen LogP contribution is -2.29. The Hall–Kier alpha value is -4.22. The van der Waals surface area contributed by atoms with Crippen LogP contribution in [0.5, 0.6) is 0 Å². The van der Waals surface area contributed by atoms with Crippen LogP contribution in [-0.2, 0) is 15.7 Å². The van der Waals surface area contributed by atoms with Crippen molar-refractivity contribution in [3.8, 4) is 5.69 Å². The minimum atomic E-state index is -4.46. The topological polar surface area (TPSA) is 71.4 Å². The monoisotopic (exact) mass is 593 g/mol. The van der Waals surface area contributed by atoms with E-state index in [1.807, 2.05) is 72.7 Å². The van der Waals surface area contributed by atoms with Gasteiger partial charge in [0.15, 0.2) is 5.11 Å². The van der Waals surface area contributed by atoms with Gasteiger partial charge in [-0.15, -0.1) is 0 Å². The Labute approximate surface area is 247 Å². The van der Waals surface area contributed by atoms with Crippen LogP contribution in [0.15, 0.2) is 72.9 Å². The molecular formula is C31H30F3N5O2S. The lowest BCUT2D eigenvalue weighted by molar-refractivity contribution is -0.137. The highest BCUT2D eigenvalue weighted by molar-refractivity contribution is 7.80. The van der Waals surface area contributed by atoms with Crippen LogP contribution in [0.25, 0.3) is 5.69 Å². The average molecular weight is 594 g/mol. The Balaban J connectivity index is 1.61. The normalized spacial score (nSPS) is 16.9. The summed E-state index contributed by atoms with van der Waals surface area (Å²) in [6, 6.07) is 17.9. The van der Waals surface area contributed by atoms with Crippen LogP contribution in [-0.4, -0.2) is 34.3 Å². The van der Waals surface area contributed by atoms with E-state index in [2.05, 4.69) is 15.6 Å². The van der Waals surface area contributed by atoms with Gasteiger partial charge < -0.3 is 24.8 Å².